The number of aromatic nitrogens is 2. The zero-order valence-electron chi connectivity index (χ0n) is 18.9. The number of methoxy groups -OCH3 is 1. The van der Waals surface area contributed by atoms with Gasteiger partial charge in [0, 0.05) is 18.7 Å². The van der Waals surface area contributed by atoms with E-state index in [0.717, 1.165) is 36.8 Å². The summed E-state index contributed by atoms with van der Waals surface area (Å²) in [4.78, 5) is 40.7. The Kier molecular flexibility index (Phi) is 6.04. The van der Waals surface area contributed by atoms with Gasteiger partial charge in [-0.3, -0.25) is 14.3 Å². The van der Waals surface area contributed by atoms with Gasteiger partial charge in [-0.2, -0.15) is 5.10 Å². The molecule has 0 unspecified atom stereocenters. The van der Waals surface area contributed by atoms with Crippen molar-refractivity contribution in [3.05, 3.63) is 52.8 Å². The van der Waals surface area contributed by atoms with Gasteiger partial charge in [-0.25, -0.2) is 4.79 Å². The third kappa shape index (κ3) is 4.13. The summed E-state index contributed by atoms with van der Waals surface area (Å²) < 4.78 is 6.22. The monoisotopic (exact) mass is 438 g/mol. The molecule has 170 valence electrons. The zero-order valence-corrected chi connectivity index (χ0v) is 18.9. The maximum atomic E-state index is 13.6. The number of aryl methyl sites for hydroxylation is 1. The van der Waals surface area contributed by atoms with Crippen molar-refractivity contribution in [1.82, 2.24) is 20.0 Å². The first-order chi connectivity index (χ1) is 15.3. The van der Waals surface area contributed by atoms with Crippen LogP contribution in [0.1, 0.15) is 71.1 Å². The van der Waals surface area contributed by atoms with E-state index in [1.807, 2.05) is 31.2 Å². The summed E-state index contributed by atoms with van der Waals surface area (Å²) >= 11 is 0. The van der Waals surface area contributed by atoms with Crippen molar-refractivity contribution in [2.24, 2.45) is 0 Å². The van der Waals surface area contributed by atoms with E-state index in [2.05, 4.69) is 10.4 Å². The van der Waals surface area contributed by atoms with Gasteiger partial charge in [-0.1, -0.05) is 49.1 Å². The van der Waals surface area contributed by atoms with Crippen molar-refractivity contribution < 1.29 is 19.1 Å². The van der Waals surface area contributed by atoms with Crippen LogP contribution in [0.5, 0.6) is 0 Å². The fourth-order valence-corrected chi connectivity index (χ4v) is 4.56. The molecule has 4 rings (SSSR count). The van der Waals surface area contributed by atoms with Crippen LogP contribution < -0.4 is 5.32 Å². The van der Waals surface area contributed by atoms with Crippen molar-refractivity contribution >= 4 is 17.8 Å². The minimum absolute atomic E-state index is 0.0584. The fourth-order valence-electron chi connectivity index (χ4n) is 4.56. The predicted octanol–water partition coefficient (Wildman–Crippen LogP) is 2.84. The number of hydrogen-bond acceptors (Lipinski definition) is 5. The molecule has 1 aliphatic carbocycles. The zero-order chi connectivity index (χ0) is 22.9. The van der Waals surface area contributed by atoms with Gasteiger partial charge in [0.1, 0.15) is 11.2 Å². The molecule has 1 atom stereocenters. The van der Waals surface area contributed by atoms with E-state index in [0.29, 0.717) is 0 Å². The predicted molar refractivity (Wildman–Crippen MR) is 118 cm³/mol. The average molecular weight is 439 g/mol. The van der Waals surface area contributed by atoms with Crippen LogP contribution in [-0.2, 0) is 22.6 Å². The summed E-state index contributed by atoms with van der Waals surface area (Å²) in [5.74, 6) is -1.13. The van der Waals surface area contributed by atoms with Crippen LogP contribution in [0.2, 0.25) is 0 Å². The Morgan fingerprint density at radius 3 is 2.53 bits per heavy atom. The highest BCUT2D eigenvalue weighted by Gasteiger charge is 2.48. The highest BCUT2D eigenvalue weighted by molar-refractivity contribution is 6.01. The van der Waals surface area contributed by atoms with E-state index in [4.69, 9.17) is 4.74 Å². The Labute approximate surface area is 187 Å². The van der Waals surface area contributed by atoms with E-state index in [1.165, 1.54) is 24.3 Å². The second kappa shape index (κ2) is 8.76. The molecule has 8 nitrogen and oxygen atoms in total. The van der Waals surface area contributed by atoms with Crippen molar-refractivity contribution in [3.63, 3.8) is 0 Å². The molecule has 1 aromatic heterocycles. The Balaban J connectivity index is 1.69. The van der Waals surface area contributed by atoms with Crippen LogP contribution in [0, 0.1) is 6.92 Å². The van der Waals surface area contributed by atoms with E-state index in [1.54, 1.807) is 11.8 Å². The molecular weight excluding hydrogens is 408 g/mol. The Bertz CT molecular complexity index is 1020. The van der Waals surface area contributed by atoms with Crippen LogP contribution in [0.4, 0.5) is 0 Å². The van der Waals surface area contributed by atoms with Crippen LogP contribution >= 0.6 is 0 Å². The van der Waals surface area contributed by atoms with Gasteiger partial charge in [-0.05, 0) is 32.3 Å². The number of amides is 2. The van der Waals surface area contributed by atoms with E-state index in [-0.39, 0.29) is 42.3 Å². The summed E-state index contributed by atoms with van der Waals surface area (Å²) in [6, 6.07) is 9.47. The first-order valence-electron chi connectivity index (χ1n) is 11.2. The van der Waals surface area contributed by atoms with E-state index < -0.39 is 11.5 Å². The first kappa shape index (κ1) is 22.0. The minimum Gasteiger partial charge on any atom is -0.464 e. The lowest BCUT2D eigenvalue weighted by Crippen LogP contribution is -2.64. The number of esters is 1. The number of nitrogens with zero attached hydrogens (tertiary/aromatic N) is 3. The SMILES string of the molecule is COC(=O)c1cc2n(n1)C[C@](C)(C(=O)NC1CCCCC1)N(Cc1ccc(C)cc1)C2=O. The minimum atomic E-state index is -1.15. The lowest BCUT2D eigenvalue weighted by molar-refractivity contribution is -0.134. The summed E-state index contributed by atoms with van der Waals surface area (Å²) in [5, 5.41) is 7.44. The lowest BCUT2D eigenvalue weighted by Gasteiger charge is -2.44. The normalized spacial score (nSPS) is 21.2. The molecular formula is C24H30N4O4. The number of benzene rings is 1. The molecule has 1 N–H and O–H groups in total. The summed E-state index contributed by atoms with van der Waals surface area (Å²) in [7, 11) is 1.27. The number of nitrogens with one attached hydrogen (secondary N) is 1. The third-order valence-corrected chi connectivity index (χ3v) is 6.58. The molecule has 0 saturated heterocycles. The van der Waals surface area contributed by atoms with Gasteiger partial charge in [0.25, 0.3) is 5.91 Å². The van der Waals surface area contributed by atoms with Crippen molar-refractivity contribution in [1.29, 1.82) is 0 Å². The quantitative estimate of drug-likeness (QED) is 0.725. The molecule has 8 heteroatoms. The van der Waals surface area contributed by atoms with E-state index >= 15 is 0 Å². The molecule has 0 bridgehead atoms. The highest BCUT2D eigenvalue weighted by Crippen LogP contribution is 2.30. The Morgan fingerprint density at radius 2 is 1.88 bits per heavy atom. The number of fused-ring (bicyclic) bond motifs is 1. The molecule has 32 heavy (non-hydrogen) atoms. The summed E-state index contributed by atoms with van der Waals surface area (Å²) in [5.41, 5.74) is 1.24. The Hall–Kier alpha value is -3.16. The van der Waals surface area contributed by atoms with Gasteiger partial charge in [0.15, 0.2) is 5.69 Å². The molecule has 2 aliphatic rings. The lowest BCUT2D eigenvalue weighted by atomic mass is 9.91. The largest absolute Gasteiger partial charge is 0.464 e. The maximum Gasteiger partial charge on any atom is 0.358 e. The maximum absolute atomic E-state index is 13.6. The van der Waals surface area contributed by atoms with Crippen molar-refractivity contribution in [2.75, 3.05) is 7.11 Å². The second-order valence-electron chi connectivity index (χ2n) is 9.02. The highest BCUT2D eigenvalue weighted by atomic mass is 16.5. The third-order valence-electron chi connectivity index (χ3n) is 6.58. The fraction of sp³-hybridized carbons (Fsp3) is 0.500. The molecule has 0 radical (unpaired) electrons. The van der Waals surface area contributed by atoms with Crippen LogP contribution in [0.25, 0.3) is 0 Å². The van der Waals surface area contributed by atoms with Crippen LogP contribution in [0.15, 0.2) is 30.3 Å². The standard InChI is InChI=1S/C24H30N4O4/c1-16-9-11-17(12-10-16)14-27-21(29)20-13-19(22(30)32-3)26-28(20)15-24(27,2)23(31)25-18-7-5-4-6-8-18/h9-13,18H,4-8,14-15H2,1-3H3,(H,25,31)/t24-/m1/s1. The number of ether oxygens (including phenoxy) is 1. The van der Waals surface area contributed by atoms with E-state index in [9.17, 15) is 14.4 Å². The molecule has 2 aromatic rings. The molecule has 0 spiro atoms. The number of hydrogen-bond donors (Lipinski definition) is 1. The Morgan fingerprint density at radius 1 is 1.19 bits per heavy atom. The smallest absolute Gasteiger partial charge is 0.358 e. The second-order valence-corrected chi connectivity index (χ2v) is 9.02. The first-order valence-corrected chi connectivity index (χ1v) is 11.2. The molecule has 2 heterocycles. The van der Waals surface area contributed by atoms with Gasteiger partial charge < -0.3 is 15.0 Å². The van der Waals surface area contributed by atoms with Crippen molar-refractivity contribution in [3.8, 4) is 0 Å². The number of carbonyl (C=O) groups is 3. The topological polar surface area (TPSA) is 93.5 Å². The molecule has 1 aromatic carbocycles. The van der Waals surface area contributed by atoms with Crippen molar-refractivity contribution in [2.45, 2.75) is 70.6 Å². The molecule has 1 saturated carbocycles. The van der Waals surface area contributed by atoms with Crippen LogP contribution in [-0.4, -0.2) is 51.2 Å². The average Bonchev–Trinajstić information content (AvgIpc) is 3.22. The summed E-state index contributed by atoms with van der Waals surface area (Å²) in [6.45, 7) is 4.23. The van der Waals surface area contributed by atoms with Crippen LogP contribution in [0.3, 0.4) is 0 Å². The van der Waals surface area contributed by atoms with Gasteiger partial charge >= 0.3 is 5.97 Å². The number of rotatable bonds is 5. The molecule has 1 fully saturated rings. The van der Waals surface area contributed by atoms with Gasteiger partial charge in [0.2, 0.25) is 5.91 Å². The molecule has 1 aliphatic heterocycles. The molecule has 2 amide bonds. The van der Waals surface area contributed by atoms with Gasteiger partial charge in [0.05, 0.1) is 13.7 Å². The number of carbonyl (C=O) groups excluding carboxylic acids is 3. The van der Waals surface area contributed by atoms with Gasteiger partial charge in [-0.15, -0.1) is 0 Å². The summed E-state index contributed by atoms with van der Waals surface area (Å²) in [6.07, 6.45) is 5.29.